The number of benzene rings is 2. The third-order valence-corrected chi connectivity index (χ3v) is 3.75. The van der Waals surface area contributed by atoms with Gasteiger partial charge < -0.3 is 5.11 Å². The topological polar surface area (TPSA) is 20.2 Å². The average Bonchev–Trinajstić information content (AvgIpc) is 2.41. The summed E-state index contributed by atoms with van der Waals surface area (Å²) in [5.41, 5.74) is 0.159. The van der Waals surface area contributed by atoms with E-state index in [0.29, 0.717) is 16.1 Å². The highest BCUT2D eigenvalue weighted by Crippen LogP contribution is 2.31. The summed E-state index contributed by atoms with van der Waals surface area (Å²) in [6.07, 6.45) is -5.30. The van der Waals surface area contributed by atoms with Crippen LogP contribution in [-0.2, 0) is 12.6 Å². The van der Waals surface area contributed by atoms with Crippen LogP contribution >= 0.6 is 23.2 Å². The Kier molecular flexibility index (Phi) is 4.81. The third kappa shape index (κ3) is 4.13. The van der Waals surface area contributed by atoms with Crippen LogP contribution in [0.3, 0.4) is 0 Å². The number of aliphatic hydroxyl groups excluding tert-OH is 1. The fraction of sp³-hybridized carbons (Fsp3) is 0.200. The number of hydrogen-bond donors (Lipinski definition) is 1. The minimum atomic E-state index is -4.40. The van der Waals surface area contributed by atoms with E-state index in [1.54, 1.807) is 6.07 Å². The molecule has 0 saturated heterocycles. The number of rotatable bonds is 3. The molecule has 112 valence electrons. The van der Waals surface area contributed by atoms with Gasteiger partial charge in [0.05, 0.1) is 21.7 Å². The molecule has 0 fully saturated rings. The van der Waals surface area contributed by atoms with Crippen molar-refractivity contribution in [1.29, 1.82) is 0 Å². The Morgan fingerprint density at radius 1 is 1.00 bits per heavy atom. The van der Waals surface area contributed by atoms with E-state index in [-0.39, 0.29) is 11.4 Å². The average molecular weight is 335 g/mol. The molecule has 2 aromatic carbocycles. The predicted molar refractivity (Wildman–Crippen MR) is 76.6 cm³/mol. The Morgan fingerprint density at radius 3 is 2.33 bits per heavy atom. The molecule has 0 aliphatic carbocycles. The molecule has 0 heterocycles. The van der Waals surface area contributed by atoms with Crippen molar-refractivity contribution in [3.05, 3.63) is 69.2 Å². The van der Waals surface area contributed by atoms with Gasteiger partial charge in [0, 0.05) is 6.42 Å². The molecule has 6 heteroatoms. The van der Waals surface area contributed by atoms with E-state index in [0.717, 1.165) is 12.1 Å². The molecule has 0 spiro atoms. The lowest BCUT2D eigenvalue weighted by Gasteiger charge is -2.13. The van der Waals surface area contributed by atoms with Gasteiger partial charge in [0.1, 0.15) is 0 Å². The van der Waals surface area contributed by atoms with E-state index in [1.807, 2.05) is 0 Å². The number of alkyl halides is 3. The summed E-state index contributed by atoms with van der Waals surface area (Å²) in [6, 6.07) is 9.51. The lowest BCUT2D eigenvalue weighted by atomic mass is 10.00. The Labute approximate surface area is 129 Å². The minimum Gasteiger partial charge on any atom is -0.388 e. The second-order valence-corrected chi connectivity index (χ2v) is 5.41. The van der Waals surface area contributed by atoms with Gasteiger partial charge in [-0.1, -0.05) is 47.5 Å². The first kappa shape index (κ1) is 16.1. The Balaban J connectivity index is 2.19. The summed E-state index contributed by atoms with van der Waals surface area (Å²) in [5, 5.41) is 10.7. The molecule has 0 aliphatic rings. The molecule has 2 rings (SSSR count). The minimum absolute atomic E-state index is 0.0574. The molecule has 1 N–H and O–H groups in total. The van der Waals surface area contributed by atoms with Crippen molar-refractivity contribution >= 4 is 23.2 Å². The third-order valence-electron chi connectivity index (χ3n) is 3.01. The maximum atomic E-state index is 12.6. The Hall–Kier alpha value is -1.23. The van der Waals surface area contributed by atoms with Crippen molar-refractivity contribution in [3.8, 4) is 0 Å². The molecular weight excluding hydrogens is 324 g/mol. The molecule has 0 radical (unpaired) electrons. The molecule has 1 atom stereocenters. The van der Waals surface area contributed by atoms with Crippen LogP contribution in [0, 0.1) is 0 Å². The van der Waals surface area contributed by atoms with E-state index in [1.165, 1.54) is 24.3 Å². The highest BCUT2D eigenvalue weighted by molar-refractivity contribution is 6.42. The van der Waals surface area contributed by atoms with E-state index >= 15 is 0 Å². The fourth-order valence-electron chi connectivity index (χ4n) is 1.94. The maximum Gasteiger partial charge on any atom is 0.416 e. The molecule has 1 unspecified atom stereocenters. The van der Waals surface area contributed by atoms with Gasteiger partial charge >= 0.3 is 6.18 Å². The quantitative estimate of drug-likeness (QED) is 0.808. The zero-order valence-corrected chi connectivity index (χ0v) is 12.2. The molecule has 0 bridgehead atoms. The highest BCUT2D eigenvalue weighted by atomic mass is 35.5. The second-order valence-electron chi connectivity index (χ2n) is 4.59. The maximum absolute atomic E-state index is 12.6. The molecule has 0 amide bonds. The van der Waals surface area contributed by atoms with Gasteiger partial charge in [-0.05, 0) is 29.3 Å². The van der Waals surface area contributed by atoms with E-state index in [2.05, 4.69) is 0 Å². The lowest BCUT2D eigenvalue weighted by Crippen LogP contribution is -2.07. The van der Waals surface area contributed by atoms with Crippen LogP contribution in [0.2, 0.25) is 10.0 Å². The SMILES string of the molecule is OC(Cc1cccc(C(F)(F)F)c1)c1ccc(Cl)c(Cl)c1. The second kappa shape index (κ2) is 6.26. The Morgan fingerprint density at radius 2 is 1.71 bits per heavy atom. The number of hydrogen-bond acceptors (Lipinski definition) is 1. The molecule has 1 nitrogen and oxygen atoms in total. The largest absolute Gasteiger partial charge is 0.416 e. The summed E-state index contributed by atoms with van der Waals surface area (Å²) >= 11 is 11.6. The van der Waals surface area contributed by atoms with Gasteiger partial charge in [-0.15, -0.1) is 0 Å². The molecular formula is C15H11Cl2F3O. The van der Waals surface area contributed by atoms with Crippen LogP contribution in [0.1, 0.15) is 22.8 Å². The molecule has 21 heavy (non-hydrogen) atoms. The van der Waals surface area contributed by atoms with Crippen LogP contribution in [0.25, 0.3) is 0 Å². The van der Waals surface area contributed by atoms with E-state index in [4.69, 9.17) is 23.2 Å². The van der Waals surface area contributed by atoms with Gasteiger partial charge in [0.15, 0.2) is 0 Å². The standard InChI is InChI=1S/C15H11Cl2F3O/c16-12-5-4-10(8-13(12)17)14(21)7-9-2-1-3-11(6-9)15(18,19)20/h1-6,8,14,21H,7H2. The molecule has 0 saturated carbocycles. The first-order valence-corrected chi connectivity index (χ1v) is 6.82. The molecule has 0 aliphatic heterocycles. The monoisotopic (exact) mass is 334 g/mol. The van der Waals surface area contributed by atoms with E-state index in [9.17, 15) is 18.3 Å². The van der Waals surface area contributed by atoms with Crippen LogP contribution in [0.4, 0.5) is 13.2 Å². The number of aliphatic hydroxyl groups is 1. The van der Waals surface area contributed by atoms with Crippen LogP contribution in [-0.4, -0.2) is 5.11 Å². The van der Waals surface area contributed by atoms with Gasteiger partial charge in [-0.2, -0.15) is 13.2 Å². The van der Waals surface area contributed by atoms with Gasteiger partial charge in [-0.25, -0.2) is 0 Å². The Bertz CT molecular complexity index is 641. The first-order chi connectivity index (χ1) is 9.77. The van der Waals surface area contributed by atoms with Gasteiger partial charge in [0.2, 0.25) is 0 Å². The first-order valence-electron chi connectivity index (χ1n) is 6.06. The van der Waals surface area contributed by atoms with Crippen molar-refractivity contribution in [2.75, 3.05) is 0 Å². The van der Waals surface area contributed by atoms with Crippen molar-refractivity contribution in [2.24, 2.45) is 0 Å². The zero-order chi connectivity index (χ0) is 15.6. The fourth-order valence-corrected chi connectivity index (χ4v) is 2.24. The highest BCUT2D eigenvalue weighted by Gasteiger charge is 2.30. The summed E-state index contributed by atoms with van der Waals surface area (Å²) in [7, 11) is 0. The van der Waals surface area contributed by atoms with Crippen LogP contribution in [0.15, 0.2) is 42.5 Å². The van der Waals surface area contributed by atoms with Gasteiger partial charge in [-0.3, -0.25) is 0 Å². The summed E-state index contributed by atoms with van der Waals surface area (Å²) < 4.78 is 37.9. The smallest absolute Gasteiger partial charge is 0.388 e. The van der Waals surface area contributed by atoms with Crippen molar-refractivity contribution < 1.29 is 18.3 Å². The van der Waals surface area contributed by atoms with Crippen molar-refractivity contribution in [1.82, 2.24) is 0 Å². The van der Waals surface area contributed by atoms with E-state index < -0.39 is 17.8 Å². The van der Waals surface area contributed by atoms with Crippen molar-refractivity contribution in [2.45, 2.75) is 18.7 Å². The zero-order valence-electron chi connectivity index (χ0n) is 10.7. The summed E-state index contributed by atoms with van der Waals surface area (Å²) in [6.45, 7) is 0. The van der Waals surface area contributed by atoms with Crippen molar-refractivity contribution in [3.63, 3.8) is 0 Å². The predicted octanol–water partition coefficient (Wildman–Crippen LogP) is 5.29. The number of halogens is 5. The lowest BCUT2D eigenvalue weighted by molar-refractivity contribution is -0.137. The summed E-state index contributed by atoms with van der Waals surface area (Å²) in [4.78, 5) is 0. The van der Waals surface area contributed by atoms with Crippen LogP contribution < -0.4 is 0 Å². The summed E-state index contributed by atoms with van der Waals surface area (Å²) in [5.74, 6) is 0. The molecule has 2 aromatic rings. The van der Waals surface area contributed by atoms with Crippen LogP contribution in [0.5, 0.6) is 0 Å². The van der Waals surface area contributed by atoms with Gasteiger partial charge in [0.25, 0.3) is 0 Å². The normalized spacial score (nSPS) is 13.2. The molecule has 0 aromatic heterocycles.